The molecule has 0 unspecified atom stereocenters. The third-order valence-electron chi connectivity index (χ3n) is 9.86. The van der Waals surface area contributed by atoms with Gasteiger partial charge in [0.2, 0.25) is 0 Å². The van der Waals surface area contributed by atoms with Crippen LogP contribution in [0.2, 0.25) is 10.0 Å². The van der Waals surface area contributed by atoms with Crippen LogP contribution in [0.25, 0.3) is 0 Å². The first-order chi connectivity index (χ1) is 21.3. The van der Waals surface area contributed by atoms with Crippen LogP contribution in [-0.4, -0.2) is 114 Å². The number of thiophene rings is 1. The Labute approximate surface area is 272 Å². The van der Waals surface area contributed by atoms with Crippen molar-refractivity contribution in [2.45, 2.75) is 63.0 Å². The van der Waals surface area contributed by atoms with Crippen LogP contribution in [0.15, 0.2) is 29.0 Å². The maximum absolute atomic E-state index is 13.9. The van der Waals surface area contributed by atoms with Crippen LogP contribution in [0, 0.1) is 0 Å². The second kappa shape index (κ2) is 13.5. The number of ether oxygens (including phenoxy) is 1. The summed E-state index contributed by atoms with van der Waals surface area (Å²) in [5.74, 6) is 0. The fourth-order valence-corrected chi connectivity index (χ4v) is 8.47. The number of piperidine rings is 2. The van der Waals surface area contributed by atoms with Gasteiger partial charge < -0.3 is 24.6 Å². The Bertz CT molecular complexity index is 1360. The van der Waals surface area contributed by atoms with Crippen LogP contribution in [0.4, 0.5) is 15.3 Å². The number of carbonyl (C=O) groups excluding carboxylic acids is 3. The number of hydrogen-bond acceptors (Lipinski definition) is 8. The zero-order valence-corrected chi connectivity index (χ0v) is 27.4. The lowest BCUT2D eigenvalue weighted by molar-refractivity contribution is -0.130. The summed E-state index contributed by atoms with van der Waals surface area (Å²) in [6.07, 6.45) is 3.94. The summed E-state index contributed by atoms with van der Waals surface area (Å²) in [6.45, 7) is 6.31. The first kappa shape index (κ1) is 31.6. The van der Waals surface area contributed by atoms with Crippen molar-refractivity contribution in [1.29, 1.82) is 0 Å². The van der Waals surface area contributed by atoms with Crippen molar-refractivity contribution in [2.24, 2.45) is 0 Å². The molecule has 4 aliphatic rings. The maximum Gasteiger partial charge on any atom is 0.411 e. The van der Waals surface area contributed by atoms with E-state index in [4.69, 9.17) is 27.9 Å². The Morgan fingerprint density at radius 3 is 2.52 bits per heavy atom. The summed E-state index contributed by atoms with van der Waals surface area (Å²) in [5, 5.41) is 7.89. The number of likely N-dealkylation sites (tertiary alicyclic amines) is 2. The predicted molar refractivity (Wildman–Crippen MR) is 172 cm³/mol. The number of fused-ring (bicyclic) bond motifs is 1. The highest BCUT2D eigenvalue weighted by Gasteiger charge is 2.52. The third kappa shape index (κ3) is 6.45. The molecule has 1 aromatic heterocycles. The van der Waals surface area contributed by atoms with Gasteiger partial charge in [0.1, 0.15) is 18.6 Å². The van der Waals surface area contributed by atoms with E-state index in [1.807, 2.05) is 10.3 Å². The summed E-state index contributed by atoms with van der Waals surface area (Å²) in [7, 11) is 2.17. The van der Waals surface area contributed by atoms with Crippen LogP contribution < -0.4 is 5.32 Å². The van der Waals surface area contributed by atoms with Gasteiger partial charge in [0.15, 0.2) is 0 Å². The molecule has 5 heterocycles. The molecule has 3 fully saturated rings. The molecule has 13 heteroatoms. The normalized spacial score (nSPS) is 25.9. The van der Waals surface area contributed by atoms with Crippen LogP contribution in [0.1, 0.15) is 43.2 Å². The molecular formula is C31H40Cl2N6O4S. The molecule has 1 aromatic carbocycles. The van der Waals surface area contributed by atoms with E-state index in [2.05, 4.69) is 32.4 Å². The van der Waals surface area contributed by atoms with Gasteiger partial charge in [0, 0.05) is 68.6 Å². The third-order valence-corrected chi connectivity index (χ3v) is 11.4. The molecule has 0 radical (unpaired) electrons. The number of benzene rings is 1. The minimum absolute atomic E-state index is 0.0339. The number of amides is 3. The molecule has 0 aliphatic carbocycles. The summed E-state index contributed by atoms with van der Waals surface area (Å²) in [4.78, 5) is 50.4. The van der Waals surface area contributed by atoms with Gasteiger partial charge in [-0.25, -0.2) is 9.59 Å². The molecule has 10 nitrogen and oxygen atoms in total. The predicted octanol–water partition coefficient (Wildman–Crippen LogP) is 5.20. The largest absolute Gasteiger partial charge is 0.444 e. The Balaban J connectivity index is 1.23. The van der Waals surface area contributed by atoms with E-state index in [0.717, 1.165) is 75.2 Å². The van der Waals surface area contributed by atoms with Crippen molar-refractivity contribution in [3.05, 3.63) is 50.1 Å². The van der Waals surface area contributed by atoms with E-state index in [1.54, 1.807) is 34.4 Å². The van der Waals surface area contributed by atoms with E-state index in [-0.39, 0.29) is 25.1 Å². The van der Waals surface area contributed by atoms with Gasteiger partial charge >= 0.3 is 12.1 Å². The van der Waals surface area contributed by atoms with Gasteiger partial charge in [-0.3, -0.25) is 14.7 Å². The molecule has 0 saturated carbocycles. The Morgan fingerprint density at radius 1 is 1.05 bits per heavy atom. The number of carbonyl (C=O) groups is 3. The molecule has 4 aliphatic heterocycles. The zero-order chi connectivity index (χ0) is 30.8. The first-order valence-corrected chi connectivity index (χ1v) is 17.1. The molecule has 2 aromatic rings. The highest BCUT2D eigenvalue weighted by atomic mass is 35.5. The molecule has 1 N–H and O–H groups in total. The second-order valence-electron chi connectivity index (χ2n) is 12.4. The highest BCUT2D eigenvalue weighted by Crippen LogP contribution is 2.40. The van der Waals surface area contributed by atoms with E-state index in [1.165, 1.54) is 0 Å². The van der Waals surface area contributed by atoms with Crippen LogP contribution in [0.3, 0.4) is 0 Å². The van der Waals surface area contributed by atoms with Gasteiger partial charge in [0.05, 0.1) is 22.3 Å². The molecule has 238 valence electrons. The summed E-state index contributed by atoms with van der Waals surface area (Å²) in [5.41, 5.74) is 1.77. The number of hydrogen-bond donors (Lipinski definition) is 1. The minimum atomic E-state index is -0.909. The van der Waals surface area contributed by atoms with Crippen LogP contribution in [0.5, 0.6) is 0 Å². The van der Waals surface area contributed by atoms with E-state index in [0.29, 0.717) is 42.0 Å². The Morgan fingerprint density at radius 2 is 1.80 bits per heavy atom. The lowest BCUT2D eigenvalue weighted by atomic mass is 9.85. The Kier molecular flexibility index (Phi) is 9.70. The smallest absolute Gasteiger partial charge is 0.411 e. The molecular weight excluding hydrogens is 623 g/mol. The number of aldehydes is 1. The van der Waals surface area contributed by atoms with Crippen molar-refractivity contribution in [2.75, 3.05) is 58.2 Å². The quantitative estimate of drug-likeness (QED) is 0.408. The molecule has 44 heavy (non-hydrogen) atoms. The Hall–Kier alpha value is -2.41. The zero-order valence-electron chi connectivity index (χ0n) is 25.1. The average Bonchev–Trinajstić information content (AvgIpc) is 3.49. The van der Waals surface area contributed by atoms with Crippen LogP contribution in [-0.2, 0) is 22.7 Å². The lowest BCUT2D eigenvalue weighted by Crippen LogP contribution is -2.71. The number of rotatable bonds is 7. The number of nitrogens with zero attached hydrogens (tertiary/aromatic N) is 5. The fraction of sp³-hybridized carbons (Fsp3) is 0.581. The maximum atomic E-state index is 13.9. The lowest BCUT2D eigenvalue weighted by Gasteiger charge is -2.57. The van der Waals surface area contributed by atoms with Gasteiger partial charge in [-0.1, -0.05) is 29.3 Å². The SMILES string of the molecule is CN1CCC(N2CCN([C@]3(CC=O)C[C@H](N4Cc5cscc5NC4=O)CCN3C(=O)OCc3ccc(Cl)c(Cl)c3)CC2)CC1. The molecule has 3 saturated heterocycles. The first-order valence-electron chi connectivity index (χ1n) is 15.4. The molecule has 0 spiro atoms. The minimum Gasteiger partial charge on any atom is -0.444 e. The highest BCUT2D eigenvalue weighted by molar-refractivity contribution is 7.08. The monoisotopic (exact) mass is 662 g/mol. The van der Waals surface area contributed by atoms with E-state index < -0.39 is 11.8 Å². The molecule has 2 atom stereocenters. The number of urea groups is 1. The van der Waals surface area contributed by atoms with Gasteiger partial charge in [-0.05, 0) is 62.5 Å². The average molecular weight is 664 g/mol. The van der Waals surface area contributed by atoms with Gasteiger partial charge in [0.25, 0.3) is 0 Å². The molecule has 6 rings (SSSR count). The van der Waals surface area contributed by atoms with Crippen molar-refractivity contribution < 1.29 is 19.1 Å². The van der Waals surface area contributed by atoms with Crippen molar-refractivity contribution in [3.8, 4) is 0 Å². The van der Waals surface area contributed by atoms with Gasteiger partial charge in [-0.15, -0.1) is 11.3 Å². The van der Waals surface area contributed by atoms with E-state index >= 15 is 0 Å². The van der Waals surface area contributed by atoms with Gasteiger partial charge in [-0.2, -0.15) is 0 Å². The number of anilines is 1. The number of piperazine rings is 1. The van der Waals surface area contributed by atoms with E-state index in [9.17, 15) is 14.4 Å². The van der Waals surface area contributed by atoms with Crippen LogP contribution >= 0.6 is 34.5 Å². The standard InChI is InChI=1S/C31H40Cl2N6O4S/c1-35-8-4-24(5-9-35)36-11-13-37(14-12-36)31(7-15-40)17-25(38-18-23-20-44-21-28(23)34-29(38)41)6-10-39(31)30(42)43-19-22-2-3-26(32)27(33)16-22/h2-3,15-16,20-21,24-25H,4-14,17-19H2,1H3,(H,34,41)/t25-,31+/m1/s1. The summed E-state index contributed by atoms with van der Waals surface area (Å²) in [6, 6.07) is 5.43. The number of nitrogens with one attached hydrogen (secondary N) is 1. The summed E-state index contributed by atoms with van der Waals surface area (Å²) < 4.78 is 5.86. The van der Waals surface area contributed by atoms with Crippen molar-refractivity contribution >= 4 is 58.6 Å². The number of halogens is 2. The second-order valence-corrected chi connectivity index (χ2v) is 13.9. The van der Waals surface area contributed by atoms with Crippen molar-refractivity contribution in [1.82, 2.24) is 24.5 Å². The molecule has 3 amide bonds. The van der Waals surface area contributed by atoms with Crippen molar-refractivity contribution in [3.63, 3.8) is 0 Å². The summed E-state index contributed by atoms with van der Waals surface area (Å²) >= 11 is 13.8. The fourth-order valence-electron chi connectivity index (χ4n) is 7.37. The molecule has 0 bridgehead atoms. The topological polar surface area (TPSA) is 88.7 Å².